The molecule has 2 N–H and O–H groups in total. The fraction of sp³-hybridized carbons (Fsp3) is 0.357. The fourth-order valence-electron chi connectivity index (χ4n) is 2.27. The van der Waals surface area contributed by atoms with E-state index in [4.69, 9.17) is 4.74 Å². The Labute approximate surface area is 106 Å². The number of hydrogen-bond donors (Lipinski definition) is 2. The summed E-state index contributed by atoms with van der Waals surface area (Å²) in [6.07, 6.45) is 3.98. The Morgan fingerprint density at radius 2 is 2.22 bits per heavy atom. The first-order valence-corrected chi connectivity index (χ1v) is 5.98. The van der Waals surface area contributed by atoms with Crippen LogP contribution in [0.4, 0.5) is 0 Å². The van der Waals surface area contributed by atoms with Crippen LogP contribution in [0, 0.1) is 0 Å². The summed E-state index contributed by atoms with van der Waals surface area (Å²) >= 11 is 0. The molecule has 4 heteroatoms. The van der Waals surface area contributed by atoms with Crippen molar-refractivity contribution in [2.24, 2.45) is 0 Å². The Bertz CT molecular complexity index is 473. The van der Waals surface area contributed by atoms with Crippen molar-refractivity contribution in [3.8, 4) is 5.75 Å². The van der Waals surface area contributed by atoms with E-state index >= 15 is 0 Å². The van der Waals surface area contributed by atoms with Crippen LogP contribution in [0.25, 0.3) is 6.08 Å². The van der Waals surface area contributed by atoms with Crippen LogP contribution in [0.5, 0.6) is 5.75 Å². The van der Waals surface area contributed by atoms with E-state index in [9.17, 15) is 15.0 Å². The van der Waals surface area contributed by atoms with E-state index in [0.29, 0.717) is 17.7 Å². The molecule has 0 saturated carbocycles. The molecule has 1 fully saturated rings. The highest BCUT2D eigenvalue weighted by atomic mass is 16.5. The van der Waals surface area contributed by atoms with Crippen molar-refractivity contribution in [3.63, 3.8) is 0 Å². The van der Waals surface area contributed by atoms with E-state index in [1.165, 1.54) is 6.08 Å². The van der Waals surface area contributed by atoms with Crippen LogP contribution in [0.2, 0.25) is 0 Å². The van der Waals surface area contributed by atoms with Gasteiger partial charge in [0.2, 0.25) is 0 Å². The third-order valence-corrected chi connectivity index (χ3v) is 3.20. The maximum atomic E-state index is 11.3. The number of benzene rings is 1. The van der Waals surface area contributed by atoms with Crippen molar-refractivity contribution in [2.45, 2.75) is 25.4 Å². The van der Waals surface area contributed by atoms with Gasteiger partial charge in [-0.15, -0.1) is 0 Å². The minimum absolute atomic E-state index is 0.0701. The van der Waals surface area contributed by atoms with Gasteiger partial charge in [-0.3, -0.25) is 0 Å². The van der Waals surface area contributed by atoms with Gasteiger partial charge in [0.25, 0.3) is 0 Å². The summed E-state index contributed by atoms with van der Waals surface area (Å²) < 4.78 is 5.58. The predicted molar refractivity (Wildman–Crippen MR) is 67.7 cm³/mol. The van der Waals surface area contributed by atoms with Gasteiger partial charge in [0.1, 0.15) is 11.3 Å². The molecule has 1 heterocycles. The molecule has 2 rings (SSSR count). The summed E-state index contributed by atoms with van der Waals surface area (Å²) in [6, 6.07) is 3.37. The average Bonchev–Trinajstić information content (AvgIpc) is 2.39. The number of carboxylic acid groups (broad SMARTS) is 1. The van der Waals surface area contributed by atoms with Crippen LogP contribution in [0.1, 0.15) is 46.9 Å². The number of rotatable bonds is 3. The zero-order valence-corrected chi connectivity index (χ0v) is 10.1. The number of phenols is 1. The number of aromatic carboxylic acids is 1. The van der Waals surface area contributed by atoms with E-state index in [-0.39, 0.29) is 17.4 Å². The molecule has 1 aliphatic rings. The summed E-state index contributed by atoms with van der Waals surface area (Å²) in [5.74, 6) is -1.37. The second kappa shape index (κ2) is 5.23. The maximum absolute atomic E-state index is 11.3. The first kappa shape index (κ1) is 12.6. The second-order valence-electron chi connectivity index (χ2n) is 4.33. The molecule has 0 radical (unpaired) electrons. The molecule has 0 spiro atoms. The SMILES string of the molecule is C=Cc1ccc(C2CCCCO2)c(C(=O)O)c1O. The normalized spacial score (nSPS) is 19.4. The minimum Gasteiger partial charge on any atom is -0.506 e. The Morgan fingerprint density at radius 1 is 1.44 bits per heavy atom. The molecule has 1 aromatic carbocycles. The topological polar surface area (TPSA) is 66.8 Å². The largest absolute Gasteiger partial charge is 0.506 e. The molecule has 4 nitrogen and oxygen atoms in total. The van der Waals surface area contributed by atoms with Crippen LogP contribution in [-0.4, -0.2) is 22.8 Å². The number of aromatic hydroxyl groups is 1. The summed E-state index contributed by atoms with van der Waals surface area (Å²) in [5.41, 5.74) is 0.900. The molecule has 18 heavy (non-hydrogen) atoms. The zero-order chi connectivity index (χ0) is 13.1. The smallest absolute Gasteiger partial charge is 0.339 e. The van der Waals surface area contributed by atoms with E-state index in [0.717, 1.165) is 19.3 Å². The van der Waals surface area contributed by atoms with Crippen molar-refractivity contribution >= 4 is 12.0 Å². The predicted octanol–water partition coefficient (Wildman–Crippen LogP) is 2.98. The fourth-order valence-corrected chi connectivity index (χ4v) is 2.27. The Balaban J connectivity index is 2.49. The zero-order valence-electron chi connectivity index (χ0n) is 10.1. The van der Waals surface area contributed by atoms with Gasteiger partial charge in [-0.25, -0.2) is 4.79 Å². The average molecular weight is 248 g/mol. The van der Waals surface area contributed by atoms with Gasteiger partial charge in [0, 0.05) is 12.2 Å². The van der Waals surface area contributed by atoms with E-state index < -0.39 is 5.97 Å². The molecule has 0 amide bonds. The highest BCUT2D eigenvalue weighted by Gasteiger charge is 2.25. The van der Waals surface area contributed by atoms with Gasteiger partial charge in [-0.2, -0.15) is 0 Å². The van der Waals surface area contributed by atoms with Gasteiger partial charge in [-0.1, -0.05) is 24.8 Å². The lowest BCUT2D eigenvalue weighted by Crippen LogP contribution is -2.15. The molecule has 0 aromatic heterocycles. The molecule has 1 aromatic rings. The van der Waals surface area contributed by atoms with Gasteiger partial charge < -0.3 is 14.9 Å². The monoisotopic (exact) mass is 248 g/mol. The van der Waals surface area contributed by atoms with Gasteiger partial charge >= 0.3 is 5.97 Å². The lowest BCUT2D eigenvalue weighted by molar-refractivity contribution is 0.0137. The van der Waals surface area contributed by atoms with Gasteiger partial charge in [0.15, 0.2) is 0 Å². The van der Waals surface area contributed by atoms with E-state index in [2.05, 4.69) is 6.58 Å². The standard InChI is InChI=1S/C14H16O4/c1-2-9-6-7-10(11-5-3-4-8-18-11)12(13(9)15)14(16)17/h2,6-7,11,15H,1,3-5,8H2,(H,16,17). The molecule has 0 bridgehead atoms. The Kier molecular flexibility index (Phi) is 3.67. The van der Waals surface area contributed by atoms with Crippen molar-refractivity contribution < 1.29 is 19.7 Å². The molecule has 1 aliphatic heterocycles. The van der Waals surface area contributed by atoms with Crippen LogP contribution in [-0.2, 0) is 4.74 Å². The summed E-state index contributed by atoms with van der Waals surface area (Å²) in [6.45, 7) is 4.18. The number of hydrogen-bond acceptors (Lipinski definition) is 3. The highest BCUT2D eigenvalue weighted by Crippen LogP contribution is 2.35. The minimum atomic E-state index is -1.14. The molecule has 1 atom stereocenters. The van der Waals surface area contributed by atoms with Gasteiger partial charge in [0.05, 0.1) is 6.10 Å². The van der Waals surface area contributed by atoms with Crippen LogP contribution >= 0.6 is 0 Å². The Hall–Kier alpha value is -1.81. The van der Waals surface area contributed by atoms with Crippen LogP contribution in [0.15, 0.2) is 18.7 Å². The summed E-state index contributed by atoms with van der Waals surface area (Å²) in [4.78, 5) is 11.3. The van der Waals surface area contributed by atoms with Crippen molar-refractivity contribution in [2.75, 3.05) is 6.61 Å². The lowest BCUT2D eigenvalue weighted by Gasteiger charge is -2.24. The van der Waals surface area contributed by atoms with E-state index in [1.807, 2.05) is 0 Å². The lowest BCUT2D eigenvalue weighted by atomic mass is 9.94. The van der Waals surface area contributed by atoms with Crippen LogP contribution < -0.4 is 0 Å². The first-order chi connectivity index (χ1) is 8.65. The van der Waals surface area contributed by atoms with Gasteiger partial charge in [-0.05, 0) is 24.8 Å². The summed E-state index contributed by atoms with van der Waals surface area (Å²) in [7, 11) is 0. The molecule has 96 valence electrons. The molecular formula is C14H16O4. The Morgan fingerprint density at radius 3 is 2.78 bits per heavy atom. The number of carbonyl (C=O) groups is 1. The third-order valence-electron chi connectivity index (χ3n) is 3.20. The molecular weight excluding hydrogens is 232 g/mol. The molecule has 1 saturated heterocycles. The quantitative estimate of drug-likeness (QED) is 0.863. The first-order valence-electron chi connectivity index (χ1n) is 5.98. The van der Waals surface area contributed by atoms with Crippen LogP contribution in [0.3, 0.4) is 0 Å². The molecule has 0 aliphatic carbocycles. The summed E-state index contributed by atoms with van der Waals surface area (Å²) in [5, 5.41) is 19.2. The highest BCUT2D eigenvalue weighted by molar-refractivity contribution is 5.94. The number of carboxylic acids is 1. The van der Waals surface area contributed by atoms with Crippen molar-refractivity contribution in [3.05, 3.63) is 35.4 Å². The van der Waals surface area contributed by atoms with Crippen molar-refractivity contribution in [1.82, 2.24) is 0 Å². The molecule has 1 unspecified atom stereocenters. The second-order valence-corrected chi connectivity index (χ2v) is 4.33. The third kappa shape index (κ3) is 2.24. The van der Waals surface area contributed by atoms with E-state index in [1.54, 1.807) is 12.1 Å². The van der Waals surface area contributed by atoms with Crippen molar-refractivity contribution in [1.29, 1.82) is 0 Å². The maximum Gasteiger partial charge on any atom is 0.339 e. The number of ether oxygens (including phenoxy) is 1.